The van der Waals surface area contributed by atoms with Crippen molar-refractivity contribution in [2.24, 2.45) is 0 Å². The molecule has 3 heteroatoms. The second kappa shape index (κ2) is 5.35. The summed E-state index contributed by atoms with van der Waals surface area (Å²) in [6, 6.07) is 15.9. The second-order valence-electron chi connectivity index (χ2n) is 4.89. The highest BCUT2D eigenvalue weighted by atomic mass is 79.9. The van der Waals surface area contributed by atoms with Crippen molar-refractivity contribution in [1.29, 1.82) is 0 Å². The highest BCUT2D eigenvalue weighted by Crippen LogP contribution is 2.30. The van der Waals surface area contributed by atoms with E-state index in [2.05, 4.69) is 20.9 Å². The molecular formula is C17H14BrNO. The summed E-state index contributed by atoms with van der Waals surface area (Å²) in [5.74, 6) is 0. The zero-order chi connectivity index (χ0) is 14.1. The zero-order valence-corrected chi connectivity index (χ0v) is 12.6. The Kier molecular flexibility index (Phi) is 3.55. The smallest absolute Gasteiger partial charge is 0.107 e. The number of aromatic nitrogens is 1. The Bertz CT molecular complexity index is 770. The molecule has 1 heterocycles. The standard InChI is InChI=1S/C17H14BrNO/c1-11-6-7-15(18)14(8-11)17(20)13-9-12-4-2-3-5-16(12)19-10-13/h2-10,17,20H,1H3. The van der Waals surface area contributed by atoms with Crippen molar-refractivity contribution < 1.29 is 5.11 Å². The molecule has 20 heavy (non-hydrogen) atoms. The lowest BCUT2D eigenvalue weighted by molar-refractivity contribution is 0.219. The lowest BCUT2D eigenvalue weighted by atomic mass is 10.00. The molecule has 100 valence electrons. The van der Waals surface area contributed by atoms with Crippen LogP contribution >= 0.6 is 15.9 Å². The maximum Gasteiger partial charge on any atom is 0.107 e. The van der Waals surface area contributed by atoms with Gasteiger partial charge in [0, 0.05) is 21.6 Å². The third-order valence-corrected chi connectivity index (χ3v) is 4.10. The highest BCUT2D eigenvalue weighted by Gasteiger charge is 2.14. The Morgan fingerprint density at radius 2 is 1.90 bits per heavy atom. The minimum Gasteiger partial charge on any atom is -0.384 e. The lowest BCUT2D eigenvalue weighted by Gasteiger charge is -2.14. The van der Waals surface area contributed by atoms with Gasteiger partial charge in [0.25, 0.3) is 0 Å². The number of halogens is 1. The fourth-order valence-corrected chi connectivity index (χ4v) is 2.75. The average molecular weight is 328 g/mol. The van der Waals surface area contributed by atoms with E-state index in [1.807, 2.05) is 55.5 Å². The number of hydrogen-bond donors (Lipinski definition) is 1. The number of nitrogens with zero attached hydrogens (tertiary/aromatic N) is 1. The summed E-state index contributed by atoms with van der Waals surface area (Å²) in [5, 5.41) is 11.6. The van der Waals surface area contributed by atoms with Crippen LogP contribution in [0.15, 0.2) is 59.2 Å². The highest BCUT2D eigenvalue weighted by molar-refractivity contribution is 9.10. The first-order valence-electron chi connectivity index (χ1n) is 6.44. The number of benzene rings is 2. The summed E-state index contributed by atoms with van der Waals surface area (Å²) in [5.41, 5.74) is 3.72. The molecule has 2 nitrogen and oxygen atoms in total. The van der Waals surface area contributed by atoms with E-state index in [9.17, 15) is 5.11 Å². The number of hydrogen-bond acceptors (Lipinski definition) is 2. The largest absolute Gasteiger partial charge is 0.384 e. The van der Waals surface area contributed by atoms with E-state index in [-0.39, 0.29) is 0 Å². The summed E-state index contributed by atoms with van der Waals surface area (Å²) in [7, 11) is 0. The molecule has 0 aliphatic carbocycles. The molecule has 0 saturated heterocycles. The van der Waals surface area contributed by atoms with Crippen LogP contribution in [0.1, 0.15) is 22.8 Å². The molecule has 1 aromatic heterocycles. The fraction of sp³-hybridized carbons (Fsp3) is 0.118. The molecule has 0 radical (unpaired) electrons. The third kappa shape index (κ3) is 2.47. The SMILES string of the molecule is Cc1ccc(Br)c(C(O)c2cnc3ccccc3c2)c1. The van der Waals surface area contributed by atoms with Crippen LogP contribution < -0.4 is 0 Å². The van der Waals surface area contributed by atoms with Gasteiger partial charge in [-0.1, -0.05) is 51.8 Å². The van der Waals surface area contributed by atoms with Crippen molar-refractivity contribution in [3.8, 4) is 0 Å². The molecule has 1 N–H and O–H groups in total. The first-order chi connectivity index (χ1) is 9.65. The molecule has 0 aliphatic rings. The van der Waals surface area contributed by atoms with Gasteiger partial charge in [-0.2, -0.15) is 0 Å². The number of pyridine rings is 1. The topological polar surface area (TPSA) is 33.1 Å². The summed E-state index contributed by atoms with van der Waals surface area (Å²) >= 11 is 3.50. The molecule has 0 amide bonds. The Hall–Kier alpha value is -1.71. The maximum absolute atomic E-state index is 10.6. The molecule has 3 rings (SSSR count). The average Bonchev–Trinajstić information content (AvgIpc) is 2.48. The van der Waals surface area contributed by atoms with Crippen LogP contribution in [-0.2, 0) is 0 Å². The molecule has 2 aromatic carbocycles. The normalized spacial score (nSPS) is 12.6. The minimum absolute atomic E-state index is 0.679. The van der Waals surface area contributed by atoms with Gasteiger partial charge in [0.05, 0.1) is 5.52 Å². The van der Waals surface area contributed by atoms with Crippen LogP contribution in [0.2, 0.25) is 0 Å². The number of aryl methyl sites for hydroxylation is 1. The van der Waals surface area contributed by atoms with Crippen LogP contribution in [0.25, 0.3) is 10.9 Å². The summed E-state index contributed by atoms with van der Waals surface area (Å²) in [4.78, 5) is 4.40. The van der Waals surface area contributed by atoms with Crippen molar-refractivity contribution in [3.63, 3.8) is 0 Å². The summed E-state index contributed by atoms with van der Waals surface area (Å²) in [6.45, 7) is 2.02. The van der Waals surface area contributed by atoms with E-state index in [1.54, 1.807) is 6.20 Å². The van der Waals surface area contributed by atoms with E-state index < -0.39 is 6.10 Å². The van der Waals surface area contributed by atoms with Crippen LogP contribution in [0.3, 0.4) is 0 Å². The number of para-hydroxylation sites is 1. The van der Waals surface area contributed by atoms with Gasteiger partial charge >= 0.3 is 0 Å². The first kappa shape index (κ1) is 13.3. The first-order valence-corrected chi connectivity index (χ1v) is 7.23. The molecule has 0 fully saturated rings. The van der Waals surface area contributed by atoms with Gasteiger partial charge in [0.15, 0.2) is 0 Å². The van der Waals surface area contributed by atoms with Crippen molar-refractivity contribution in [3.05, 3.63) is 75.9 Å². The lowest BCUT2D eigenvalue weighted by Crippen LogP contribution is -2.02. The second-order valence-corrected chi connectivity index (χ2v) is 5.74. The van der Waals surface area contributed by atoms with Gasteiger partial charge in [0.1, 0.15) is 6.10 Å². The molecule has 0 saturated carbocycles. The molecule has 1 atom stereocenters. The maximum atomic E-state index is 10.6. The Morgan fingerprint density at radius 1 is 1.10 bits per heavy atom. The van der Waals surface area contributed by atoms with E-state index >= 15 is 0 Å². The number of rotatable bonds is 2. The van der Waals surface area contributed by atoms with Gasteiger partial charge in [-0.05, 0) is 30.7 Å². The Labute approximate surface area is 126 Å². The number of aliphatic hydroxyl groups is 1. The van der Waals surface area contributed by atoms with Crippen molar-refractivity contribution in [2.75, 3.05) is 0 Å². The van der Waals surface area contributed by atoms with Gasteiger partial charge in [-0.3, -0.25) is 4.98 Å². The predicted molar refractivity (Wildman–Crippen MR) is 84.7 cm³/mol. The van der Waals surface area contributed by atoms with Crippen LogP contribution in [0.5, 0.6) is 0 Å². The van der Waals surface area contributed by atoms with Gasteiger partial charge < -0.3 is 5.11 Å². The quantitative estimate of drug-likeness (QED) is 0.757. The van der Waals surface area contributed by atoms with Gasteiger partial charge in [0.2, 0.25) is 0 Å². The molecule has 1 unspecified atom stereocenters. The van der Waals surface area contributed by atoms with Crippen LogP contribution in [-0.4, -0.2) is 10.1 Å². The molecule has 0 spiro atoms. The van der Waals surface area contributed by atoms with E-state index in [4.69, 9.17) is 0 Å². The van der Waals surface area contributed by atoms with E-state index in [0.717, 1.165) is 32.1 Å². The predicted octanol–water partition coefficient (Wildman–Crippen LogP) is 4.39. The summed E-state index contributed by atoms with van der Waals surface area (Å²) < 4.78 is 0.906. The zero-order valence-electron chi connectivity index (χ0n) is 11.0. The summed E-state index contributed by atoms with van der Waals surface area (Å²) in [6.07, 6.45) is 1.06. The van der Waals surface area contributed by atoms with Crippen LogP contribution in [0, 0.1) is 6.92 Å². The minimum atomic E-state index is -0.679. The molecule has 3 aromatic rings. The Balaban J connectivity index is 2.07. The monoisotopic (exact) mass is 327 g/mol. The molecule has 0 bridgehead atoms. The molecular weight excluding hydrogens is 314 g/mol. The van der Waals surface area contributed by atoms with Gasteiger partial charge in [-0.25, -0.2) is 0 Å². The van der Waals surface area contributed by atoms with Crippen LogP contribution in [0.4, 0.5) is 0 Å². The van der Waals surface area contributed by atoms with Gasteiger partial charge in [-0.15, -0.1) is 0 Å². The Morgan fingerprint density at radius 3 is 2.75 bits per heavy atom. The van der Waals surface area contributed by atoms with E-state index in [1.165, 1.54) is 0 Å². The van der Waals surface area contributed by atoms with E-state index in [0.29, 0.717) is 0 Å². The molecule has 0 aliphatic heterocycles. The number of fused-ring (bicyclic) bond motifs is 1. The fourth-order valence-electron chi connectivity index (χ4n) is 2.29. The van der Waals surface area contributed by atoms with Crippen molar-refractivity contribution in [1.82, 2.24) is 4.98 Å². The van der Waals surface area contributed by atoms with Crippen molar-refractivity contribution >= 4 is 26.8 Å². The van der Waals surface area contributed by atoms with Crippen molar-refractivity contribution in [2.45, 2.75) is 13.0 Å². The third-order valence-electron chi connectivity index (χ3n) is 3.37. The number of aliphatic hydroxyl groups excluding tert-OH is 1.